The number of rotatable bonds is 5. The molecule has 3 nitrogen and oxygen atoms in total. The first-order valence-corrected chi connectivity index (χ1v) is 7.35. The topological polar surface area (TPSA) is 42.0 Å². The fraction of sp³-hybridized carbons (Fsp3) is 0.333. The van der Waals surface area contributed by atoms with Crippen LogP contribution in [0.1, 0.15) is 30.7 Å². The van der Waals surface area contributed by atoms with Crippen molar-refractivity contribution in [2.24, 2.45) is 0 Å². The minimum Gasteiger partial charge on any atom is -0.302 e. The Hall–Kier alpha value is -1.68. The molecular weight excluding hydrogens is 256 g/mol. The summed E-state index contributed by atoms with van der Waals surface area (Å²) in [4.78, 5) is 15.3. The molecular formula is C15H18N2OS. The van der Waals surface area contributed by atoms with Gasteiger partial charge in [0.05, 0.1) is 5.69 Å². The smallest absolute Gasteiger partial charge is 0.223 e. The number of aromatic nitrogens is 1. The van der Waals surface area contributed by atoms with Crippen molar-refractivity contribution < 1.29 is 4.79 Å². The van der Waals surface area contributed by atoms with Crippen molar-refractivity contribution in [1.82, 2.24) is 4.98 Å². The molecule has 1 heterocycles. The Kier molecular flexibility index (Phi) is 4.68. The second-order valence-electron chi connectivity index (χ2n) is 4.50. The summed E-state index contributed by atoms with van der Waals surface area (Å²) in [6.45, 7) is 3.66. The van der Waals surface area contributed by atoms with Gasteiger partial charge in [0.2, 0.25) is 5.91 Å². The Labute approximate surface area is 117 Å². The summed E-state index contributed by atoms with van der Waals surface area (Å²) in [5.41, 5.74) is 3.75. The number of amides is 1. The van der Waals surface area contributed by atoms with Gasteiger partial charge >= 0.3 is 0 Å². The molecule has 0 spiro atoms. The average molecular weight is 274 g/mol. The van der Waals surface area contributed by atoms with E-state index in [2.05, 4.69) is 41.5 Å². The zero-order chi connectivity index (χ0) is 13.7. The van der Waals surface area contributed by atoms with Crippen LogP contribution < -0.4 is 5.32 Å². The Bertz CT molecular complexity index is 563. The summed E-state index contributed by atoms with van der Waals surface area (Å²) in [5, 5.41) is 5.40. The lowest BCUT2D eigenvalue weighted by Gasteiger charge is -2.02. The van der Waals surface area contributed by atoms with Gasteiger partial charge in [-0.3, -0.25) is 4.79 Å². The number of thiazole rings is 1. The maximum atomic E-state index is 10.9. The van der Waals surface area contributed by atoms with Crippen LogP contribution in [0.3, 0.4) is 0 Å². The number of benzene rings is 1. The summed E-state index contributed by atoms with van der Waals surface area (Å²) in [6.07, 6.45) is 2.96. The minimum absolute atomic E-state index is 0.0726. The summed E-state index contributed by atoms with van der Waals surface area (Å²) >= 11 is 1.48. The number of carbonyl (C=O) groups is 1. The SMILES string of the molecule is CCc1cccc(CCc2csc(NC(C)=O)n2)c1. The zero-order valence-corrected chi connectivity index (χ0v) is 12.1. The Morgan fingerprint density at radius 1 is 1.32 bits per heavy atom. The molecule has 0 atom stereocenters. The monoisotopic (exact) mass is 274 g/mol. The molecule has 0 aliphatic rings. The van der Waals surface area contributed by atoms with Gasteiger partial charge in [-0.25, -0.2) is 4.98 Å². The van der Waals surface area contributed by atoms with Gasteiger partial charge in [-0.1, -0.05) is 31.2 Å². The summed E-state index contributed by atoms with van der Waals surface area (Å²) < 4.78 is 0. The van der Waals surface area contributed by atoms with Crippen molar-refractivity contribution in [1.29, 1.82) is 0 Å². The normalized spacial score (nSPS) is 10.4. The molecule has 2 rings (SSSR count). The molecule has 1 aromatic heterocycles. The van der Waals surface area contributed by atoms with Gasteiger partial charge in [0.1, 0.15) is 0 Å². The van der Waals surface area contributed by atoms with E-state index in [1.807, 2.05) is 5.38 Å². The average Bonchev–Trinajstić information content (AvgIpc) is 2.83. The molecule has 19 heavy (non-hydrogen) atoms. The molecule has 1 aromatic carbocycles. The summed E-state index contributed by atoms with van der Waals surface area (Å²) in [5.74, 6) is -0.0726. The number of carbonyl (C=O) groups excluding carboxylic acids is 1. The van der Waals surface area contributed by atoms with Crippen LogP contribution in [-0.4, -0.2) is 10.9 Å². The molecule has 0 aliphatic carbocycles. The molecule has 0 fully saturated rings. The zero-order valence-electron chi connectivity index (χ0n) is 11.3. The summed E-state index contributed by atoms with van der Waals surface area (Å²) in [6, 6.07) is 8.67. The highest BCUT2D eigenvalue weighted by Crippen LogP contribution is 2.17. The first-order chi connectivity index (χ1) is 9.17. The van der Waals surface area contributed by atoms with E-state index in [4.69, 9.17) is 0 Å². The second-order valence-corrected chi connectivity index (χ2v) is 5.36. The lowest BCUT2D eigenvalue weighted by atomic mass is 10.0. The van der Waals surface area contributed by atoms with Crippen LogP contribution in [0.2, 0.25) is 0 Å². The van der Waals surface area contributed by atoms with E-state index in [9.17, 15) is 4.79 Å². The molecule has 1 amide bonds. The molecule has 4 heteroatoms. The van der Waals surface area contributed by atoms with Crippen molar-refractivity contribution >= 4 is 22.4 Å². The van der Waals surface area contributed by atoms with E-state index in [1.54, 1.807) is 0 Å². The van der Waals surface area contributed by atoms with Gasteiger partial charge in [-0.05, 0) is 30.4 Å². The lowest BCUT2D eigenvalue weighted by molar-refractivity contribution is -0.114. The standard InChI is InChI=1S/C15H18N2OS/c1-3-12-5-4-6-13(9-12)7-8-14-10-19-15(17-14)16-11(2)18/h4-6,9-10H,3,7-8H2,1-2H3,(H,16,17,18). The van der Waals surface area contributed by atoms with Gasteiger partial charge in [0, 0.05) is 12.3 Å². The highest BCUT2D eigenvalue weighted by Gasteiger charge is 2.04. The molecule has 0 saturated heterocycles. The molecule has 0 radical (unpaired) electrons. The highest BCUT2D eigenvalue weighted by molar-refractivity contribution is 7.13. The van der Waals surface area contributed by atoms with Gasteiger partial charge in [0.25, 0.3) is 0 Å². The van der Waals surface area contributed by atoms with E-state index in [0.29, 0.717) is 5.13 Å². The maximum Gasteiger partial charge on any atom is 0.223 e. The molecule has 0 saturated carbocycles. The number of hydrogen-bond donors (Lipinski definition) is 1. The third-order valence-corrected chi connectivity index (χ3v) is 3.71. The second kappa shape index (κ2) is 6.48. The van der Waals surface area contributed by atoms with Crippen LogP contribution in [0.15, 0.2) is 29.6 Å². The lowest BCUT2D eigenvalue weighted by Crippen LogP contribution is -2.05. The van der Waals surface area contributed by atoms with E-state index in [0.717, 1.165) is 25.0 Å². The van der Waals surface area contributed by atoms with E-state index in [-0.39, 0.29) is 5.91 Å². The van der Waals surface area contributed by atoms with Crippen LogP contribution in [-0.2, 0) is 24.1 Å². The van der Waals surface area contributed by atoms with E-state index in [1.165, 1.54) is 29.4 Å². The number of hydrogen-bond acceptors (Lipinski definition) is 3. The Morgan fingerprint density at radius 3 is 2.84 bits per heavy atom. The van der Waals surface area contributed by atoms with Crippen molar-refractivity contribution in [2.45, 2.75) is 33.1 Å². The van der Waals surface area contributed by atoms with Gasteiger partial charge in [-0.2, -0.15) is 0 Å². The third-order valence-electron chi connectivity index (χ3n) is 2.90. The molecule has 0 aliphatic heterocycles. The number of nitrogens with zero attached hydrogens (tertiary/aromatic N) is 1. The van der Waals surface area contributed by atoms with Crippen molar-refractivity contribution in [2.75, 3.05) is 5.32 Å². The Morgan fingerprint density at radius 2 is 2.11 bits per heavy atom. The predicted molar refractivity (Wildman–Crippen MR) is 79.6 cm³/mol. The minimum atomic E-state index is -0.0726. The van der Waals surface area contributed by atoms with Crippen molar-refractivity contribution in [3.8, 4) is 0 Å². The third kappa shape index (κ3) is 4.17. The van der Waals surface area contributed by atoms with Crippen LogP contribution in [0.25, 0.3) is 0 Å². The molecule has 0 unspecified atom stereocenters. The van der Waals surface area contributed by atoms with E-state index >= 15 is 0 Å². The van der Waals surface area contributed by atoms with Crippen LogP contribution >= 0.6 is 11.3 Å². The van der Waals surface area contributed by atoms with Gasteiger partial charge < -0.3 is 5.32 Å². The Balaban J connectivity index is 1.94. The largest absolute Gasteiger partial charge is 0.302 e. The highest BCUT2D eigenvalue weighted by atomic mass is 32.1. The molecule has 0 bridgehead atoms. The number of aryl methyl sites for hydroxylation is 3. The van der Waals surface area contributed by atoms with Crippen LogP contribution in [0.4, 0.5) is 5.13 Å². The quantitative estimate of drug-likeness (QED) is 0.907. The van der Waals surface area contributed by atoms with Crippen molar-refractivity contribution in [3.05, 3.63) is 46.5 Å². The first-order valence-electron chi connectivity index (χ1n) is 6.47. The first kappa shape index (κ1) is 13.7. The fourth-order valence-corrected chi connectivity index (χ4v) is 2.70. The van der Waals surface area contributed by atoms with Crippen molar-refractivity contribution in [3.63, 3.8) is 0 Å². The van der Waals surface area contributed by atoms with E-state index < -0.39 is 0 Å². The van der Waals surface area contributed by atoms with Crippen LogP contribution in [0.5, 0.6) is 0 Å². The number of nitrogens with one attached hydrogen (secondary N) is 1. The number of anilines is 1. The van der Waals surface area contributed by atoms with Gasteiger partial charge in [0.15, 0.2) is 5.13 Å². The molecule has 2 aromatic rings. The fourth-order valence-electron chi connectivity index (χ4n) is 1.91. The van der Waals surface area contributed by atoms with Crippen LogP contribution in [0, 0.1) is 0 Å². The summed E-state index contributed by atoms with van der Waals surface area (Å²) in [7, 11) is 0. The maximum absolute atomic E-state index is 10.9. The molecule has 100 valence electrons. The molecule has 1 N–H and O–H groups in total. The predicted octanol–water partition coefficient (Wildman–Crippen LogP) is 3.45. The van der Waals surface area contributed by atoms with Gasteiger partial charge in [-0.15, -0.1) is 11.3 Å².